The lowest BCUT2D eigenvalue weighted by Gasteiger charge is -2.21. The first-order chi connectivity index (χ1) is 14.7. The summed E-state index contributed by atoms with van der Waals surface area (Å²) in [6, 6.07) is 12.9. The summed E-state index contributed by atoms with van der Waals surface area (Å²) in [7, 11) is 0.979. The molecule has 3 aromatic rings. The molecular weight excluding hydrogens is 418 g/mol. The second-order valence-electron chi connectivity index (χ2n) is 7.96. The standard InChI is InChI=1S/C21H25N5O4S/c1-23(2)31(29,30)25-12-11-16(14-25)18-10-9-17-19(22-18)26(21(28)24(3)20(17)27)13-15-7-5-4-6-8-15/h4-10,16H,11-14H2,1-3H3/t16-/m1/s1. The average molecular weight is 444 g/mol. The van der Waals surface area contributed by atoms with E-state index in [1.54, 1.807) is 12.1 Å². The summed E-state index contributed by atoms with van der Waals surface area (Å²) >= 11 is 0. The van der Waals surface area contributed by atoms with E-state index >= 15 is 0 Å². The Kier molecular flexibility index (Phi) is 5.54. The summed E-state index contributed by atoms with van der Waals surface area (Å²) in [6.07, 6.45) is 0.624. The highest BCUT2D eigenvalue weighted by Gasteiger charge is 2.34. The maximum Gasteiger partial charge on any atom is 0.332 e. The number of rotatable bonds is 5. The van der Waals surface area contributed by atoms with Crippen molar-refractivity contribution in [2.24, 2.45) is 7.05 Å². The van der Waals surface area contributed by atoms with E-state index in [0.717, 1.165) is 10.1 Å². The van der Waals surface area contributed by atoms with Crippen LogP contribution in [0.15, 0.2) is 52.1 Å². The molecule has 0 aliphatic carbocycles. The van der Waals surface area contributed by atoms with Crippen molar-refractivity contribution in [3.05, 3.63) is 74.6 Å². The number of benzene rings is 1. The van der Waals surface area contributed by atoms with Gasteiger partial charge < -0.3 is 0 Å². The van der Waals surface area contributed by atoms with Crippen LogP contribution in [0.4, 0.5) is 0 Å². The van der Waals surface area contributed by atoms with E-state index < -0.39 is 21.5 Å². The molecule has 3 heterocycles. The van der Waals surface area contributed by atoms with Crippen LogP contribution < -0.4 is 11.2 Å². The van der Waals surface area contributed by atoms with Gasteiger partial charge in [-0.3, -0.25) is 13.9 Å². The predicted molar refractivity (Wildman–Crippen MR) is 118 cm³/mol. The smallest absolute Gasteiger partial charge is 0.273 e. The Bertz CT molecular complexity index is 1350. The van der Waals surface area contributed by atoms with Crippen LogP contribution in [0, 0.1) is 0 Å². The highest BCUT2D eigenvalue weighted by Crippen LogP contribution is 2.29. The van der Waals surface area contributed by atoms with Gasteiger partial charge in [-0.1, -0.05) is 30.3 Å². The molecule has 0 N–H and O–H groups in total. The molecule has 0 unspecified atom stereocenters. The first-order valence-corrected chi connectivity index (χ1v) is 11.4. The first kappa shape index (κ1) is 21.4. The average Bonchev–Trinajstić information content (AvgIpc) is 3.26. The van der Waals surface area contributed by atoms with Gasteiger partial charge in [0.05, 0.1) is 11.9 Å². The van der Waals surface area contributed by atoms with Gasteiger partial charge in [0.2, 0.25) is 0 Å². The maximum atomic E-state index is 12.9. The number of pyridine rings is 1. The molecule has 1 aromatic carbocycles. The number of hydrogen-bond acceptors (Lipinski definition) is 5. The largest absolute Gasteiger partial charge is 0.332 e. The van der Waals surface area contributed by atoms with Crippen molar-refractivity contribution in [1.82, 2.24) is 22.7 Å². The van der Waals surface area contributed by atoms with E-state index in [1.165, 1.54) is 34.3 Å². The Morgan fingerprint density at radius 2 is 1.81 bits per heavy atom. The topological polar surface area (TPSA) is 97.5 Å². The van der Waals surface area contributed by atoms with E-state index in [2.05, 4.69) is 0 Å². The summed E-state index contributed by atoms with van der Waals surface area (Å²) in [5.41, 5.74) is 1.09. The number of hydrogen-bond donors (Lipinski definition) is 0. The summed E-state index contributed by atoms with van der Waals surface area (Å²) in [4.78, 5) is 30.2. The Morgan fingerprint density at radius 3 is 2.48 bits per heavy atom. The van der Waals surface area contributed by atoms with E-state index in [9.17, 15) is 18.0 Å². The van der Waals surface area contributed by atoms with Gasteiger partial charge in [0, 0.05) is 45.8 Å². The van der Waals surface area contributed by atoms with E-state index in [1.807, 2.05) is 30.3 Å². The molecule has 164 valence electrons. The number of nitrogens with zero attached hydrogens (tertiary/aromatic N) is 5. The highest BCUT2D eigenvalue weighted by molar-refractivity contribution is 7.86. The number of fused-ring (bicyclic) bond motifs is 1. The molecule has 0 amide bonds. The third-order valence-corrected chi connectivity index (χ3v) is 7.65. The fourth-order valence-electron chi connectivity index (χ4n) is 3.92. The molecule has 0 radical (unpaired) electrons. The Morgan fingerprint density at radius 1 is 1.10 bits per heavy atom. The molecule has 1 fully saturated rings. The van der Waals surface area contributed by atoms with Crippen molar-refractivity contribution in [1.29, 1.82) is 0 Å². The number of aromatic nitrogens is 3. The molecular formula is C21H25N5O4S. The van der Waals surface area contributed by atoms with Gasteiger partial charge in [-0.2, -0.15) is 17.0 Å². The summed E-state index contributed by atoms with van der Waals surface area (Å²) in [5, 5.41) is 0.359. The molecule has 1 saturated heterocycles. The van der Waals surface area contributed by atoms with Crippen LogP contribution in [0.2, 0.25) is 0 Å². The fraction of sp³-hybridized carbons (Fsp3) is 0.381. The second-order valence-corrected chi connectivity index (χ2v) is 10.1. The molecule has 1 aliphatic heterocycles. The van der Waals surface area contributed by atoms with Gasteiger partial charge in [0.25, 0.3) is 15.8 Å². The van der Waals surface area contributed by atoms with Crippen LogP contribution in [0.5, 0.6) is 0 Å². The maximum absolute atomic E-state index is 12.9. The van der Waals surface area contributed by atoms with Crippen LogP contribution >= 0.6 is 0 Å². The van der Waals surface area contributed by atoms with Crippen LogP contribution in [0.1, 0.15) is 23.6 Å². The van der Waals surface area contributed by atoms with Gasteiger partial charge in [-0.15, -0.1) is 0 Å². The van der Waals surface area contributed by atoms with Crippen molar-refractivity contribution in [2.75, 3.05) is 27.2 Å². The van der Waals surface area contributed by atoms with E-state index in [-0.39, 0.29) is 12.5 Å². The quantitative estimate of drug-likeness (QED) is 0.579. The minimum Gasteiger partial charge on any atom is -0.273 e. The summed E-state index contributed by atoms with van der Waals surface area (Å²) < 4.78 is 30.1. The molecule has 10 heteroatoms. The SMILES string of the molecule is CN(C)S(=O)(=O)N1CC[C@@H](c2ccc3c(=O)n(C)c(=O)n(Cc4ccccc4)c3n2)C1. The lowest BCUT2D eigenvalue weighted by Crippen LogP contribution is -2.39. The summed E-state index contributed by atoms with van der Waals surface area (Å²) in [5.74, 6) is -0.108. The minimum absolute atomic E-state index is 0.108. The van der Waals surface area contributed by atoms with Crippen LogP contribution in [0.25, 0.3) is 11.0 Å². The third kappa shape index (κ3) is 3.82. The van der Waals surface area contributed by atoms with E-state index in [0.29, 0.717) is 36.2 Å². The van der Waals surface area contributed by atoms with E-state index in [4.69, 9.17) is 4.98 Å². The molecule has 0 saturated carbocycles. The Labute approximate surface area is 180 Å². The zero-order chi connectivity index (χ0) is 22.3. The zero-order valence-corrected chi connectivity index (χ0v) is 18.5. The fourth-order valence-corrected chi connectivity index (χ4v) is 5.09. The van der Waals surface area contributed by atoms with Crippen molar-refractivity contribution < 1.29 is 8.42 Å². The van der Waals surface area contributed by atoms with Crippen molar-refractivity contribution in [3.63, 3.8) is 0 Å². The second kappa shape index (κ2) is 8.03. The van der Waals surface area contributed by atoms with Gasteiger partial charge in [-0.25, -0.2) is 9.78 Å². The van der Waals surface area contributed by atoms with Crippen molar-refractivity contribution in [3.8, 4) is 0 Å². The van der Waals surface area contributed by atoms with Crippen LogP contribution in [0.3, 0.4) is 0 Å². The molecule has 9 nitrogen and oxygen atoms in total. The minimum atomic E-state index is -3.50. The highest BCUT2D eigenvalue weighted by atomic mass is 32.2. The lowest BCUT2D eigenvalue weighted by molar-refractivity contribution is 0.418. The predicted octanol–water partition coefficient (Wildman–Crippen LogP) is 0.739. The van der Waals surface area contributed by atoms with Crippen molar-refractivity contribution >= 4 is 21.2 Å². The van der Waals surface area contributed by atoms with Crippen LogP contribution in [-0.4, -0.2) is 58.3 Å². The van der Waals surface area contributed by atoms with Crippen molar-refractivity contribution in [2.45, 2.75) is 18.9 Å². The summed E-state index contributed by atoms with van der Waals surface area (Å²) in [6.45, 7) is 0.998. The van der Waals surface area contributed by atoms with Gasteiger partial charge >= 0.3 is 5.69 Å². The molecule has 2 aromatic heterocycles. The normalized spacial score (nSPS) is 17.6. The monoisotopic (exact) mass is 443 g/mol. The molecule has 1 aliphatic rings. The lowest BCUT2D eigenvalue weighted by atomic mass is 10.0. The molecule has 4 rings (SSSR count). The Balaban J connectivity index is 1.78. The molecule has 0 bridgehead atoms. The van der Waals surface area contributed by atoms with Gasteiger partial charge in [0.1, 0.15) is 5.65 Å². The molecule has 1 atom stereocenters. The molecule has 0 spiro atoms. The van der Waals surface area contributed by atoms with Crippen LogP contribution in [-0.2, 0) is 23.8 Å². The van der Waals surface area contributed by atoms with Gasteiger partial charge in [0.15, 0.2) is 0 Å². The zero-order valence-electron chi connectivity index (χ0n) is 17.7. The molecule has 31 heavy (non-hydrogen) atoms. The first-order valence-electron chi connectivity index (χ1n) is 10.0. The van der Waals surface area contributed by atoms with Gasteiger partial charge in [-0.05, 0) is 24.1 Å². The third-order valence-electron chi connectivity index (χ3n) is 5.75. The Hall–Kier alpha value is -2.82.